The van der Waals surface area contributed by atoms with Crippen molar-refractivity contribution in [2.24, 2.45) is 5.92 Å². The number of nitro groups is 2. The average Bonchev–Trinajstić information content (AvgIpc) is 3.30. The van der Waals surface area contributed by atoms with Crippen molar-refractivity contribution in [1.29, 1.82) is 0 Å². The second kappa shape index (κ2) is 11.4. The number of non-ortho nitro benzene ring substituents is 2. The average molecular weight is 514 g/mol. The van der Waals surface area contributed by atoms with E-state index in [2.05, 4.69) is 25.8 Å². The zero-order valence-corrected chi connectivity index (χ0v) is 20.4. The number of benzene rings is 2. The zero-order chi connectivity index (χ0) is 26.4. The van der Waals surface area contributed by atoms with Gasteiger partial charge in [-0.15, -0.1) is 5.10 Å². The molecule has 0 aliphatic rings. The number of aromatic amines is 1. The Morgan fingerprint density at radius 1 is 1.08 bits per heavy atom. The lowest BCUT2D eigenvalue weighted by Gasteiger charge is -2.19. The van der Waals surface area contributed by atoms with E-state index in [1.165, 1.54) is 42.5 Å². The van der Waals surface area contributed by atoms with E-state index in [0.29, 0.717) is 17.1 Å². The van der Waals surface area contributed by atoms with Crippen molar-refractivity contribution >= 4 is 40.6 Å². The van der Waals surface area contributed by atoms with Crippen LogP contribution in [0.3, 0.4) is 0 Å². The Hall–Kier alpha value is -4.33. The van der Waals surface area contributed by atoms with E-state index in [9.17, 15) is 29.8 Å². The molecule has 188 valence electrons. The Bertz CT molecular complexity index is 1310. The SMILES string of the molecule is Cc1cc([N+](=O)[O-])ccc1NC(=O)CSc1n[nH]c([C@@H](NC(=O)c2cccc([N+](=O)[O-])c2)C(C)C)n1. The van der Waals surface area contributed by atoms with E-state index in [1.54, 1.807) is 6.92 Å². The molecular formula is C22H23N7O6S. The van der Waals surface area contributed by atoms with Gasteiger partial charge in [0, 0.05) is 35.5 Å². The maximum Gasteiger partial charge on any atom is 0.270 e. The van der Waals surface area contributed by atoms with Crippen LogP contribution in [0.1, 0.15) is 41.6 Å². The van der Waals surface area contributed by atoms with Gasteiger partial charge in [0.2, 0.25) is 11.1 Å². The summed E-state index contributed by atoms with van der Waals surface area (Å²) in [5.41, 5.74) is 0.907. The fourth-order valence-corrected chi connectivity index (χ4v) is 3.82. The molecule has 14 heteroatoms. The number of rotatable bonds is 10. The number of anilines is 1. The maximum absolute atomic E-state index is 12.7. The highest BCUT2D eigenvalue weighted by molar-refractivity contribution is 7.99. The monoisotopic (exact) mass is 513 g/mol. The first kappa shape index (κ1) is 26.3. The fraction of sp³-hybridized carbons (Fsp3) is 0.273. The molecule has 0 unspecified atom stereocenters. The molecule has 3 rings (SSSR count). The third-order valence-corrected chi connectivity index (χ3v) is 5.92. The standard InChI is InChI=1S/C22H23N7O6S/c1-12(2)19(24-21(31)14-5-4-6-15(10-14)28(32)33)20-25-22(27-26-20)36-11-18(30)23-17-8-7-16(29(34)35)9-13(17)3/h4-10,12,19H,11H2,1-3H3,(H,23,30)(H,24,31)(H,25,26,27)/t19-/m0/s1. The minimum absolute atomic E-state index is 0.0138. The molecule has 2 amide bonds. The summed E-state index contributed by atoms with van der Waals surface area (Å²) in [6, 6.07) is 9.00. The van der Waals surface area contributed by atoms with Crippen molar-refractivity contribution in [3.05, 3.63) is 79.6 Å². The number of hydrogen-bond donors (Lipinski definition) is 3. The Labute approximate surface area is 209 Å². The molecule has 13 nitrogen and oxygen atoms in total. The zero-order valence-electron chi connectivity index (χ0n) is 19.5. The predicted molar refractivity (Wildman–Crippen MR) is 132 cm³/mol. The van der Waals surface area contributed by atoms with Crippen LogP contribution in [-0.2, 0) is 4.79 Å². The summed E-state index contributed by atoms with van der Waals surface area (Å²) in [5, 5.41) is 34.5. The minimum atomic E-state index is -0.574. The van der Waals surface area contributed by atoms with Gasteiger partial charge >= 0.3 is 0 Å². The van der Waals surface area contributed by atoms with Gasteiger partial charge in [0.1, 0.15) is 5.82 Å². The van der Waals surface area contributed by atoms with E-state index >= 15 is 0 Å². The van der Waals surface area contributed by atoms with Gasteiger partial charge in [-0.3, -0.25) is 34.9 Å². The number of nitrogens with one attached hydrogen (secondary N) is 3. The highest BCUT2D eigenvalue weighted by atomic mass is 32.2. The second-order valence-corrected chi connectivity index (χ2v) is 9.04. The number of H-pyrrole nitrogens is 1. The molecule has 36 heavy (non-hydrogen) atoms. The number of aryl methyl sites for hydroxylation is 1. The summed E-state index contributed by atoms with van der Waals surface area (Å²) in [6.45, 7) is 5.40. The molecule has 0 aliphatic heterocycles. The van der Waals surface area contributed by atoms with Gasteiger partial charge in [-0.25, -0.2) is 4.98 Å². The predicted octanol–water partition coefficient (Wildman–Crippen LogP) is 3.79. The summed E-state index contributed by atoms with van der Waals surface area (Å²) >= 11 is 1.07. The van der Waals surface area contributed by atoms with E-state index in [1.807, 2.05) is 13.8 Å². The van der Waals surface area contributed by atoms with Gasteiger partial charge in [0.25, 0.3) is 17.3 Å². The minimum Gasteiger partial charge on any atom is -0.342 e. The van der Waals surface area contributed by atoms with E-state index in [4.69, 9.17) is 0 Å². The molecule has 2 aromatic carbocycles. The highest BCUT2D eigenvalue weighted by Crippen LogP contribution is 2.24. The summed E-state index contributed by atoms with van der Waals surface area (Å²) < 4.78 is 0. The normalized spacial score (nSPS) is 11.7. The molecular weight excluding hydrogens is 490 g/mol. The molecule has 0 fully saturated rings. The van der Waals surface area contributed by atoms with Gasteiger partial charge < -0.3 is 10.6 Å². The van der Waals surface area contributed by atoms with E-state index in [-0.39, 0.29) is 39.7 Å². The largest absolute Gasteiger partial charge is 0.342 e. The van der Waals surface area contributed by atoms with Crippen molar-refractivity contribution in [3.8, 4) is 0 Å². The highest BCUT2D eigenvalue weighted by Gasteiger charge is 2.24. The lowest BCUT2D eigenvalue weighted by atomic mass is 10.0. The summed E-state index contributed by atoms with van der Waals surface area (Å²) in [5.74, 6) is -0.576. The van der Waals surface area contributed by atoms with Crippen LogP contribution in [0.5, 0.6) is 0 Å². The quantitative estimate of drug-likeness (QED) is 0.206. The molecule has 0 saturated carbocycles. The maximum atomic E-state index is 12.7. The third-order valence-electron chi connectivity index (χ3n) is 5.08. The van der Waals surface area contributed by atoms with Gasteiger partial charge in [-0.1, -0.05) is 31.7 Å². The summed E-state index contributed by atoms with van der Waals surface area (Å²) in [7, 11) is 0. The van der Waals surface area contributed by atoms with E-state index in [0.717, 1.165) is 11.8 Å². The van der Waals surface area contributed by atoms with Crippen LogP contribution in [0.2, 0.25) is 0 Å². The third kappa shape index (κ3) is 6.63. The molecule has 1 atom stereocenters. The number of nitrogens with zero attached hydrogens (tertiary/aromatic N) is 4. The number of hydrogen-bond acceptors (Lipinski definition) is 9. The number of thioether (sulfide) groups is 1. The van der Waals surface area contributed by atoms with Crippen LogP contribution in [0.4, 0.5) is 17.1 Å². The Morgan fingerprint density at radius 3 is 2.42 bits per heavy atom. The molecule has 0 bridgehead atoms. The topological polar surface area (TPSA) is 186 Å². The van der Waals surface area contributed by atoms with Crippen molar-refractivity contribution in [1.82, 2.24) is 20.5 Å². The van der Waals surface area contributed by atoms with Gasteiger partial charge in [0.15, 0.2) is 0 Å². The van der Waals surface area contributed by atoms with Crippen molar-refractivity contribution in [2.75, 3.05) is 11.1 Å². The first-order valence-corrected chi connectivity index (χ1v) is 11.7. The molecule has 1 aromatic heterocycles. The summed E-state index contributed by atoms with van der Waals surface area (Å²) in [4.78, 5) is 50.2. The molecule has 0 aliphatic carbocycles. The first-order chi connectivity index (χ1) is 17.0. The van der Waals surface area contributed by atoms with Crippen LogP contribution in [0.25, 0.3) is 0 Å². The van der Waals surface area contributed by atoms with Crippen LogP contribution >= 0.6 is 11.8 Å². The van der Waals surface area contributed by atoms with Crippen LogP contribution < -0.4 is 10.6 Å². The Morgan fingerprint density at radius 2 is 1.78 bits per heavy atom. The molecule has 0 radical (unpaired) electrons. The fourth-order valence-electron chi connectivity index (χ4n) is 3.22. The molecule has 3 aromatic rings. The van der Waals surface area contributed by atoms with Gasteiger partial charge in [-0.05, 0) is 30.5 Å². The number of aromatic nitrogens is 3. The number of carbonyl (C=O) groups excluding carboxylic acids is 2. The van der Waals surface area contributed by atoms with Crippen molar-refractivity contribution in [3.63, 3.8) is 0 Å². The number of carbonyl (C=O) groups is 2. The van der Waals surface area contributed by atoms with Crippen LogP contribution in [0, 0.1) is 33.1 Å². The lowest BCUT2D eigenvalue weighted by Crippen LogP contribution is -2.32. The second-order valence-electron chi connectivity index (χ2n) is 8.10. The summed E-state index contributed by atoms with van der Waals surface area (Å²) in [6.07, 6.45) is 0. The smallest absolute Gasteiger partial charge is 0.270 e. The molecule has 1 heterocycles. The molecule has 3 N–H and O–H groups in total. The van der Waals surface area contributed by atoms with Gasteiger partial charge in [0.05, 0.1) is 21.6 Å². The number of amides is 2. The van der Waals surface area contributed by atoms with Gasteiger partial charge in [-0.2, -0.15) is 0 Å². The number of nitro benzene ring substituents is 2. The lowest BCUT2D eigenvalue weighted by molar-refractivity contribution is -0.385. The van der Waals surface area contributed by atoms with Crippen molar-refractivity contribution in [2.45, 2.75) is 32.0 Å². The van der Waals surface area contributed by atoms with Crippen LogP contribution in [-0.4, -0.2) is 42.6 Å². The van der Waals surface area contributed by atoms with Crippen LogP contribution in [0.15, 0.2) is 47.6 Å². The molecule has 0 saturated heterocycles. The Kier molecular flexibility index (Phi) is 8.32. The van der Waals surface area contributed by atoms with E-state index < -0.39 is 21.8 Å². The first-order valence-electron chi connectivity index (χ1n) is 10.7. The molecule has 0 spiro atoms. The van der Waals surface area contributed by atoms with Crippen molar-refractivity contribution < 1.29 is 19.4 Å². The Balaban J connectivity index is 1.62.